The second-order valence-corrected chi connectivity index (χ2v) is 4.69. The highest BCUT2D eigenvalue weighted by Crippen LogP contribution is 2.16. The number of aliphatic hydroxyl groups excluding tert-OH is 1. The van der Waals surface area contributed by atoms with Gasteiger partial charge in [-0.15, -0.1) is 0 Å². The van der Waals surface area contributed by atoms with E-state index in [1.165, 1.54) is 7.11 Å². The van der Waals surface area contributed by atoms with Gasteiger partial charge < -0.3 is 15.2 Å². The fourth-order valence-corrected chi connectivity index (χ4v) is 1.77. The summed E-state index contributed by atoms with van der Waals surface area (Å²) in [7, 11) is 1.53. The molecule has 0 saturated carbocycles. The number of amides is 1. The van der Waals surface area contributed by atoms with Crippen LogP contribution < -0.4 is 10.1 Å². The van der Waals surface area contributed by atoms with Crippen LogP contribution in [0.4, 0.5) is 0 Å². The Kier molecular flexibility index (Phi) is 5.65. The minimum absolute atomic E-state index is 0.227. The molecule has 1 amide bonds. The van der Waals surface area contributed by atoms with Gasteiger partial charge in [0.2, 0.25) is 0 Å². The summed E-state index contributed by atoms with van der Waals surface area (Å²) in [6, 6.07) is 7.02. The zero-order valence-corrected chi connectivity index (χ0v) is 11.1. The first-order valence-electron chi connectivity index (χ1n) is 6.14. The van der Waals surface area contributed by atoms with Gasteiger partial charge >= 0.3 is 0 Å². The lowest BCUT2D eigenvalue weighted by atomic mass is 10.1. The molecular weight excluding hydrogens is 230 g/mol. The van der Waals surface area contributed by atoms with E-state index in [0.29, 0.717) is 23.7 Å². The molecule has 0 spiro atoms. The number of para-hydroxylation sites is 1. The lowest BCUT2D eigenvalue weighted by molar-refractivity contribution is 0.0897. The molecule has 0 fully saturated rings. The minimum Gasteiger partial charge on any atom is -0.496 e. The number of aliphatic hydroxyl groups is 1. The average Bonchev–Trinajstić information content (AvgIpc) is 2.35. The second kappa shape index (κ2) is 7.01. The van der Waals surface area contributed by atoms with Crippen LogP contribution in [0.15, 0.2) is 24.3 Å². The highest BCUT2D eigenvalue weighted by atomic mass is 16.5. The van der Waals surface area contributed by atoms with Crippen molar-refractivity contribution in [2.45, 2.75) is 26.4 Å². The largest absolute Gasteiger partial charge is 0.496 e. The summed E-state index contributed by atoms with van der Waals surface area (Å²) in [5.41, 5.74) is 0.483. The lowest BCUT2D eigenvalue weighted by Gasteiger charge is -2.14. The Labute approximate surface area is 108 Å². The third-order valence-corrected chi connectivity index (χ3v) is 2.59. The Balaban J connectivity index is 2.55. The Hall–Kier alpha value is -1.55. The Morgan fingerprint density at radius 1 is 1.39 bits per heavy atom. The first-order chi connectivity index (χ1) is 8.54. The molecule has 0 aliphatic carbocycles. The maximum absolute atomic E-state index is 11.9. The maximum atomic E-state index is 11.9. The molecule has 2 N–H and O–H groups in total. The lowest BCUT2D eigenvalue weighted by Crippen LogP contribution is -2.32. The molecule has 0 saturated heterocycles. The van der Waals surface area contributed by atoms with Gasteiger partial charge in [-0.05, 0) is 24.5 Å². The van der Waals surface area contributed by atoms with Gasteiger partial charge in [-0.2, -0.15) is 0 Å². The second-order valence-electron chi connectivity index (χ2n) is 4.69. The Bertz CT molecular complexity index is 390. The minimum atomic E-state index is -0.511. The molecule has 0 aliphatic heterocycles. The first kappa shape index (κ1) is 14.5. The molecule has 0 aliphatic rings. The molecular formula is C14H21NO3. The van der Waals surface area contributed by atoms with Crippen molar-refractivity contribution < 1.29 is 14.6 Å². The molecule has 1 aromatic carbocycles. The summed E-state index contributed by atoms with van der Waals surface area (Å²) in [5, 5.41) is 12.4. The molecule has 0 aromatic heterocycles. The van der Waals surface area contributed by atoms with Gasteiger partial charge in [0, 0.05) is 6.54 Å². The summed E-state index contributed by atoms with van der Waals surface area (Å²) >= 11 is 0. The van der Waals surface area contributed by atoms with Crippen molar-refractivity contribution in [3.63, 3.8) is 0 Å². The van der Waals surface area contributed by atoms with Gasteiger partial charge in [0.15, 0.2) is 0 Å². The molecule has 1 aromatic rings. The number of methoxy groups -OCH3 is 1. The Morgan fingerprint density at radius 3 is 2.67 bits per heavy atom. The molecule has 1 rings (SSSR count). The van der Waals surface area contributed by atoms with Gasteiger partial charge in [0.25, 0.3) is 5.91 Å². The van der Waals surface area contributed by atoms with Crippen molar-refractivity contribution in [1.29, 1.82) is 0 Å². The SMILES string of the molecule is COc1ccccc1C(=O)NCC(O)CC(C)C. The number of ether oxygens (including phenoxy) is 1. The van der Waals surface area contributed by atoms with Crippen LogP contribution in [-0.4, -0.2) is 30.8 Å². The summed E-state index contributed by atoms with van der Waals surface area (Å²) in [6.45, 7) is 4.32. The van der Waals surface area contributed by atoms with Crippen molar-refractivity contribution in [3.05, 3.63) is 29.8 Å². The van der Waals surface area contributed by atoms with E-state index >= 15 is 0 Å². The van der Waals surface area contributed by atoms with Gasteiger partial charge in [0.05, 0.1) is 18.8 Å². The number of carbonyl (C=O) groups is 1. The highest BCUT2D eigenvalue weighted by Gasteiger charge is 2.13. The van der Waals surface area contributed by atoms with Gasteiger partial charge in [-0.1, -0.05) is 26.0 Å². The van der Waals surface area contributed by atoms with E-state index < -0.39 is 6.10 Å². The van der Waals surface area contributed by atoms with Gasteiger partial charge in [-0.25, -0.2) is 0 Å². The molecule has 0 bridgehead atoms. The van der Waals surface area contributed by atoms with Crippen molar-refractivity contribution in [2.75, 3.05) is 13.7 Å². The first-order valence-corrected chi connectivity index (χ1v) is 6.14. The van der Waals surface area contributed by atoms with Crippen LogP contribution in [0.5, 0.6) is 5.75 Å². The van der Waals surface area contributed by atoms with Crippen LogP contribution in [0.25, 0.3) is 0 Å². The molecule has 0 radical (unpaired) electrons. The fraction of sp³-hybridized carbons (Fsp3) is 0.500. The molecule has 4 nitrogen and oxygen atoms in total. The van der Waals surface area contributed by atoms with E-state index in [2.05, 4.69) is 5.32 Å². The van der Waals surface area contributed by atoms with Crippen LogP contribution in [0.3, 0.4) is 0 Å². The molecule has 1 unspecified atom stereocenters. The average molecular weight is 251 g/mol. The van der Waals surface area contributed by atoms with E-state index in [0.717, 1.165) is 0 Å². The van der Waals surface area contributed by atoms with Gasteiger partial charge in [-0.3, -0.25) is 4.79 Å². The smallest absolute Gasteiger partial charge is 0.255 e. The van der Waals surface area contributed by atoms with Crippen LogP contribution in [0.1, 0.15) is 30.6 Å². The summed E-state index contributed by atoms with van der Waals surface area (Å²) in [5.74, 6) is 0.715. The topological polar surface area (TPSA) is 58.6 Å². The van der Waals surface area contributed by atoms with Crippen molar-refractivity contribution in [2.24, 2.45) is 5.92 Å². The molecule has 18 heavy (non-hydrogen) atoms. The molecule has 0 heterocycles. The van der Waals surface area contributed by atoms with Gasteiger partial charge in [0.1, 0.15) is 5.75 Å². The molecule has 1 atom stereocenters. The number of hydrogen-bond donors (Lipinski definition) is 2. The predicted molar refractivity (Wildman–Crippen MR) is 70.8 cm³/mol. The van der Waals surface area contributed by atoms with Crippen LogP contribution in [0, 0.1) is 5.92 Å². The molecule has 100 valence electrons. The number of rotatable bonds is 6. The zero-order chi connectivity index (χ0) is 13.5. The number of hydrogen-bond acceptors (Lipinski definition) is 3. The molecule has 4 heteroatoms. The monoisotopic (exact) mass is 251 g/mol. The third kappa shape index (κ3) is 4.37. The quantitative estimate of drug-likeness (QED) is 0.811. The van der Waals surface area contributed by atoms with E-state index in [9.17, 15) is 9.90 Å². The standard InChI is InChI=1S/C14H21NO3/c1-10(2)8-11(16)9-15-14(17)12-6-4-5-7-13(12)18-3/h4-7,10-11,16H,8-9H2,1-3H3,(H,15,17). The number of carbonyl (C=O) groups excluding carboxylic acids is 1. The normalized spacial score (nSPS) is 12.3. The summed E-state index contributed by atoms with van der Waals surface area (Å²) < 4.78 is 5.11. The van der Waals surface area contributed by atoms with Crippen LogP contribution in [-0.2, 0) is 0 Å². The number of nitrogens with one attached hydrogen (secondary N) is 1. The summed E-state index contributed by atoms with van der Waals surface area (Å²) in [6.07, 6.45) is 0.162. The highest BCUT2D eigenvalue weighted by molar-refractivity contribution is 5.96. The van der Waals surface area contributed by atoms with E-state index in [4.69, 9.17) is 4.74 Å². The fourth-order valence-electron chi connectivity index (χ4n) is 1.77. The zero-order valence-electron chi connectivity index (χ0n) is 11.1. The number of benzene rings is 1. The van der Waals surface area contributed by atoms with E-state index in [1.54, 1.807) is 18.2 Å². The van der Waals surface area contributed by atoms with E-state index in [1.807, 2.05) is 19.9 Å². The van der Waals surface area contributed by atoms with E-state index in [-0.39, 0.29) is 12.5 Å². The van der Waals surface area contributed by atoms with Crippen molar-refractivity contribution in [3.8, 4) is 5.75 Å². The van der Waals surface area contributed by atoms with Crippen molar-refractivity contribution >= 4 is 5.91 Å². The van der Waals surface area contributed by atoms with Crippen LogP contribution >= 0.6 is 0 Å². The summed E-state index contributed by atoms with van der Waals surface area (Å²) in [4.78, 5) is 11.9. The predicted octanol–water partition coefficient (Wildman–Crippen LogP) is 1.83. The van der Waals surface area contributed by atoms with Crippen molar-refractivity contribution in [1.82, 2.24) is 5.32 Å². The Morgan fingerprint density at radius 2 is 2.06 bits per heavy atom. The maximum Gasteiger partial charge on any atom is 0.255 e. The third-order valence-electron chi connectivity index (χ3n) is 2.59. The van der Waals surface area contributed by atoms with Crippen LogP contribution in [0.2, 0.25) is 0 Å².